The first-order chi connectivity index (χ1) is 15.5. The molecule has 11 heteroatoms. The summed E-state index contributed by atoms with van der Waals surface area (Å²) >= 11 is 7.73. The van der Waals surface area contributed by atoms with Crippen LogP contribution in [0.2, 0.25) is 5.02 Å². The number of alkyl carbamates (subject to hydrolysis) is 1. The average Bonchev–Trinajstić information content (AvgIpc) is 3.13. The molecule has 0 spiro atoms. The summed E-state index contributed by atoms with van der Waals surface area (Å²) in [7, 11) is 0. The number of nitrogens with one attached hydrogen (secondary N) is 1. The molecule has 1 aliphatic heterocycles. The number of pyridine rings is 1. The zero-order chi connectivity index (χ0) is 23.8. The smallest absolute Gasteiger partial charge is 0.408 e. The van der Waals surface area contributed by atoms with Crippen LogP contribution in [-0.4, -0.2) is 49.7 Å². The second-order valence-electron chi connectivity index (χ2n) is 9.33. The van der Waals surface area contributed by atoms with Gasteiger partial charge in [0.25, 0.3) is 0 Å². The van der Waals surface area contributed by atoms with Gasteiger partial charge in [-0.25, -0.2) is 19.7 Å². The van der Waals surface area contributed by atoms with E-state index in [-0.39, 0.29) is 11.6 Å². The molecule has 0 saturated carbocycles. The molecule has 1 amide bonds. The van der Waals surface area contributed by atoms with Gasteiger partial charge in [0.15, 0.2) is 11.0 Å². The monoisotopic (exact) mass is 489 g/mol. The van der Waals surface area contributed by atoms with Gasteiger partial charge in [-0.3, -0.25) is 4.40 Å². The summed E-state index contributed by atoms with van der Waals surface area (Å²) in [6.45, 7) is 9.14. The second-order valence-corrected chi connectivity index (χ2v) is 10.7. The zero-order valence-electron chi connectivity index (χ0n) is 19.1. The first kappa shape index (κ1) is 23.4. The summed E-state index contributed by atoms with van der Waals surface area (Å²) in [5, 5.41) is 4.22. The van der Waals surface area contributed by atoms with Crippen molar-refractivity contribution in [1.29, 1.82) is 0 Å². The highest BCUT2D eigenvalue weighted by atomic mass is 35.5. The molecular formula is C22H28ClN7O2S. The Hall–Kier alpha value is -2.72. The number of nitrogens with two attached hydrogens (primary N) is 1. The van der Waals surface area contributed by atoms with E-state index < -0.39 is 5.60 Å². The number of nitrogens with zero attached hydrogens (tertiary/aromatic N) is 5. The van der Waals surface area contributed by atoms with Crippen molar-refractivity contribution in [2.45, 2.75) is 61.7 Å². The molecule has 1 fully saturated rings. The number of carbonyl (C=O) groups is 1. The number of rotatable bonds is 4. The van der Waals surface area contributed by atoms with E-state index in [0.29, 0.717) is 10.8 Å². The number of ether oxygens (including phenoxy) is 1. The Balaban J connectivity index is 1.49. The minimum absolute atomic E-state index is 0.293. The average molecular weight is 490 g/mol. The van der Waals surface area contributed by atoms with Crippen LogP contribution in [0.25, 0.3) is 5.52 Å². The van der Waals surface area contributed by atoms with Crippen LogP contribution in [0.5, 0.6) is 0 Å². The number of amides is 1. The molecular weight excluding hydrogens is 462 g/mol. The van der Waals surface area contributed by atoms with Crippen molar-refractivity contribution in [3.8, 4) is 0 Å². The molecule has 3 aromatic rings. The van der Waals surface area contributed by atoms with Gasteiger partial charge < -0.3 is 20.7 Å². The predicted octanol–water partition coefficient (Wildman–Crippen LogP) is 4.39. The number of hydrogen-bond acceptors (Lipinski definition) is 8. The molecule has 9 nitrogen and oxygen atoms in total. The molecule has 0 atom stereocenters. The van der Waals surface area contributed by atoms with Crippen molar-refractivity contribution >= 4 is 46.6 Å². The van der Waals surface area contributed by atoms with Gasteiger partial charge >= 0.3 is 6.09 Å². The maximum atomic E-state index is 12.3. The van der Waals surface area contributed by atoms with Gasteiger partial charge in [-0.2, -0.15) is 0 Å². The van der Waals surface area contributed by atoms with E-state index in [1.165, 1.54) is 11.8 Å². The third kappa shape index (κ3) is 5.27. The van der Waals surface area contributed by atoms with Gasteiger partial charge in [-0.1, -0.05) is 11.6 Å². The molecule has 0 radical (unpaired) electrons. The van der Waals surface area contributed by atoms with E-state index in [2.05, 4.69) is 32.1 Å². The Morgan fingerprint density at radius 2 is 1.97 bits per heavy atom. The van der Waals surface area contributed by atoms with Crippen molar-refractivity contribution in [1.82, 2.24) is 24.7 Å². The lowest BCUT2D eigenvalue weighted by Gasteiger charge is -2.40. The first-order valence-corrected chi connectivity index (χ1v) is 11.9. The van der Waals surface area contributed by atoms with E-state index in [4.69, 9.17) is 22.1 Å². The number of nitrogen functional groups attached to an aromatic ring is 1. The molecule has 176 valence electrons. The highest BCUT2D eigenvalue weighted by Crippen LogP contribution is 2.36. The minimum Gasteiger partial charge on any atom is -0.444 e. The minimum atomic E-state index is -0.523. The van der Waals surface area contributed by atoms with Gasteiger partial charge in [0.1, 0.15) is 16.9 Å². The maximum absolute atomic E-state index is 12.3. The van der Waals surface area contributed by atoms with E-state index in [0.717, 1.165) is 47.3 Å². The fourth-order valence-corrected chi connectivity index (χ4v) is 4.83. The number of imidazole rings is 1. The predicted molar refractivity (Wildman–Crippen MR) is 130 cm³/mol. The molecule has 0 unspecified atom stereocenters. The first-order valence-electron chi connectivity index (χ1n) is 10.7. The van der Waals surface area contributed by atoms with Crippen LogP contribution in [0.1, 0.15) is 40.5 Å². The summed E-state index contributed by atoms with van der Waals surface area (Å²) in [4.78, 5) is 28.5. The normalized spacial score (nSPS) is 16.1. The lowest BCUT2D eigenvalue weighted by Crippen LogP contribution is -2.54. The van der Waals surface area contributed by atoms with E-state index in [9.17, 15) is 4.79 Å². The second kappa shape index (κ2) is 8.90. The van der Waals surface area contributed by atoms with Crippen LogP contribution in [0, 0.1) is 0 Å². The molecule has 3 aromatic heterocycles. The van der Waals surface area contributed by atoms with Crippen molar-refractivity contribution in [3.05, 3.63) is 35.9 Å². The maximum Gasteiger partial charge on any atom is 0.408 e. The van der Waals surface area contributed by atoms with Crippen molar-refractivity contribution in [3.63, 3.8) is 0 Å². The molecule has 0 aliphatic carbocycles. The number of hydrogen-bond donors (Lipinski definition) is 2. The fourth-order valence-electron chi connectivity index (χ4n) is 3.71. The topological polar surface area (TPSA) is 111 Å². The largest absolute Gasteiger partial charge is 0.444 e. The van der Waals surface area contributed by atoms with Crippen LogP contribution in [0.3, 0.4) is 0 Å². The molecule has 4 heterocycles. The van der Waals surface area contributed by atoms with Gasteiger partial charge in [0.05, 0.1) is 11.2 Å². The quantitative estimate of drug-likeness (QED) is 0.555. The molecule has 0 aromatic carbocycles. The Bertz CT molecular complexity index is 1170. The van der Waals surface area contributed by atoms with Crippen molar-refractivity contribution in [2.75, 3.05) is 23.7 Å². The number of piperidine rings is 1. The lowest BCUT2D eigenvalue weighted by atomic mass is 9.90. The lowest BCUT2D eigenvalue weighted by molar-refractivity contribution is 0.0448. The summed E-state index contributed by atoms with van der Waals surface area (Å²) in [6, 6.07) is 1.82. The summed E-state index contributed by atoms with van der Waals surface area (Å²) in [6.07, 6.45) is 8.26. The Kier molecular flexibility index (Phi) is 6.32. The molecule has 1 aliphatic rings. The number of aromatic nitrogens is 4. The summed E-state index contributed by atoms with van der Waals surface area (Å²) < 4.78 is 7.42. The number of carbonyl (C=O) groups excluding carboxylic acids is 1. The van der Waals surface area contributed by atoms with Crippen LogP contribution < -0.4 is 16.0 Å². The molecule has 4 rings (SSSR count). The SMILES string of the molecule is CC1(NC(=O)OC(C)(C)C)CCN(c2nccn3c(Sc4ccnc(N)c4Cl)ncc23)CC1. The molecule has 0 bridgehead atoms. The molecule has 33 heavy (non-hydrogen) atoms. The Morgan fingerprint density at radius 1 is 1.24 bits per heavy atom. The van der Waals surface area contributed by atoms with E-state index in [1.807, 2.05) is 43.6 Å². The van der Waals surface area contributed by atoms with E-state index >= 15 is 0 Å². The van der Waals surface area contributed by atoms with Gasteiger partial charge in [-0.15, -0.1) is 0 Å². The number of halogens is 1. The zero-order valence-corrected chi connectivity index (χ0v) is 20.7. The number of fused-ring (bicyclic) bond motifs is 1. The Labute approximate surface area is 202 Å². The van der Waals surface area contributed by atoms with E-state index in [1.54, 1.807) is 12.4 Å². The van der Waals surface area contributed by atoms with Crippen molar-refractivity contribution < 1.29 is 9.53 Å². The summed E-state index contributed by atoms with van der Waals surface area (Å²) in [5.74, 6) is 1.15. The third-order valence-electron chi connectivity index (χ3n) is 5.46. The summed E-state index contributed by atoms with van der Waals surface area (Å²) in [5.41, 5.74) is 5.88. The fraction of sp³-hybridized carbons (Fsp3) is 0.455. The molecule has 1 saturated heterocycles. The highest BCUT2D eigenvalue weighted by Gasteiger charge is 2.34. The van der Waals surface area contributed by atoms with Crippen LogP contribution >= 0.6 is 23.4 Å². The highest BCUT2D eigenvalue weighted by molar-refractivity contribution is 7.99. The standard InChI is InChI=1S/C22H28ClN7O2S/c1-21(2,3)32-20(31)28-22(4)6-10-29(11-7-22)18-14-13-27-19(30(14)12-9-26-18)33-15-5-8-25-17(24)16(15)23/h5,8-9,12-13H,6-7,10-11H2,1-4H3,(H2,24,25)(H,28,31). The molecule has 3 N–H and O–H groups in total. The third-order valence-corrected chi connectivity index (χ3v) is 7.01. The van der Waals surface area contributed by atoms with Gasteiger partial charge in [0.2, 0.25) is 0 Å². The van der Waals surface area contributed by atoms with Crippen LogP contribution in [0.15, 0.2) is 40.9 Å². The van der Waals surface area contributed by atoms with Gasteiger partial charge in [0, 0.05) is 42.1 Å². The number of anilines is 2. The van der Waals surface area contributed by atoms with Crippen LogP contribution in [0.4, 0.5) is 16.4 Å². The van der Waals surface area contributed by atoms with Crippen LogP contribution in [-0.2, 0) is 4.74 Å². The van der Waals surface area contributed by atoms with Crippen molar-refractivity contribution in [2.24, 2.45) is 0 Å². The Morgan fingerprint density at radius 3 is 2.67 bits per heavy atom. The van der Waals surface area contributed by atoms with Gasteiger partial charge in [-0.05, 0) is 58.4 Å².